The summed E-state index contributed by atoms with van der Waals surface area (Å²) in [5.41, 5.74) is 7.70. The molecule has 0 bridgehead atoms. The number of unbranched alkanes of at least 4 members (excludes halogenated alkanes) is 12. The van der Waals surface area contributed by atoms with E-state index in [0.717, 1.165) is 56.3 Å². The Morgan fingerprint density at radius 1 is 0.946 bits per heavy atom. The van der Waals surface area contributed by atoms with Crippen LogP contribution in [0.15, 0.2) is 24.5 Å². The average molecular weight is 514 g/mol. The van der Waals surface area contributed by atoms with E-state index in [1.54, 1.807) is 6.20 Å². The number of imidazole rings is 1. The Balaban J connectivity index is 1.37. The minimum absolute atomic E-state index is 0.137. The van der Waals surface area contributed by atoms with Crippen LogP contribution in [0.5, 0.6) is 0 Å². The highest BCUT2D eigenvalue weighted by Gasteiger charge is 2.04. The Morgan fingerprint density at radius 3 is 2.35 bits per heavy atom. The molecule has 37 heavy (non-hydrogen) atoms. The zero-order valence-electron chi connectivity index (χ0n) is 23.2. The summed E-state index contributed by atoms with van der Waals surface area (Å²) in [6.45, 7) is 3.52. The minimum atomic E-state index is 0.137. The molecule has 2 aromatic rings. The lowest BCUT2D eigenvalue weighted by Crippen LogP contribution is -2.27. The lowest BCUT2D eigenvalue weighted by Gasteiger charge is -2.05. The van der Waals surface area contributed by atoms with Gasteiger partial charge in [0.25, 0.3) is 0 Å². The van der Waals surface area contributed by atoms with E-state index in [2.05, 4.69) is 44.7 Å². The highest BCUT2D eigenvalue weighted by atomic mass is 16.1. The first-order valence-electron chi connectivity index (χ1n) is 14.8. The van der Waals surface area contributed by atoms with E-state index >= 15 is 0 Å². The van der Waals surface area contributed by atoms with Gasteiger partial charge in [-0.15, -0.1) is 5.10 Å². The molecule has 8 heteroatoms. The molecule has 208 valence electrons. The number of aromatic amines is 1. The number of rotatable bonds is 23. The number of aryl methyl sites for hydroxylation is 2. The SMILES string of the molecule is CCCCCCCCC=CCCCCCCC(=O)NCCn1cc(CCCCCc2cnc(N)[nH]2)nn1. The van der Waals surface area contributed by atoms with Gasteiger partial charge >= 0.3 is 0 Å². The molecule has 0 spiro atoms. The van der Waals surface area contributed by atoms with Crippen molar-refractivity contribution in [2.75, 3.05) is 12.3 Å². The van der Waals surface area contributed by atoms with Gasteiger partial charge in [-0.05, 0) is 57.8 Å². The molecular weight excluding hydrogens is 462 g/mol. The summed E-state index contributed by atoms with van der Waals surface area (Å²) in [5.74, 6) is 0.619. The van der Waals surface area contributed by atoms with Crippen LogP contribution in [0.25, 0.3) is 0 Å². The third-order valence-electron chi connectivity index (χ3n) is 6.69. The monoisotopic (exact) mass is 513 g/mol. The highest BCUT2D eigenvalue weighted by Crippen LogP contribution is 2.10. The molecule has 1 amide bonds. The fourth-order valence-corrected chi connectivity index (χ4v) is 4.44. The van der Waals surface area contributed by atoms with Gasteiger partial charge in [-0.25, -0.2) is 4.98 Å². The van der Waals surface area contributed by atoms with Crippen LogP contribution in [0.1, 0.15) is 121 Å². The number of amides is 1. The lowest BCUT2D eigenvalue weighted by atomic mass is 10.1. The van der Waals surface area contributed by atoms with Crippen molar-refractivity contribution in [2.24, 2.45) is 0 Å². The number of H-pyrrole nitrogens is 1. The van der Waals surface area contributed by atoms with Crippen LogP contribution >= 0.6 is 0 Å². The summed E-state index contributed by atoms with van der Waals surface area (Å²) < 4.78 is 1.82. The van der Waals surface area contributed by atoms with Gasteiger partial charge in [0.05, 0.1) is 18.4 Å². The fraction of sp³-hybridized carbons (Fsp3) is 0.724. The normalized spacial score (nSPS) is 11.5. The van der Waals surface area contributed by atoms with Crippen molar-refractivity contribution in [2.45, 2.75) is 129 Å². The quantitative estimate of drug-likeness (QED) is 0.119. The van der Waals surface area contributed by atoms with Crippen molar-refractivity contribution in [1.82, 2.24) is 30.3 Å². The van der Waals surface area contributed by atoms with Gasteiger partial charge in [-0.3, -0.25) is 9.48 Å². The molecule has 2 rings (SSSR count). The molecule has 8 nitrogen and oxygen atoms in total. The number of allylic oxidation sites excluding steroid dienone is 2. The van der Waals surface area contributed by atoms with E-state index in [-0.39, 0.29) is 5.91 Å². The van der Waals surface area contributed by atoms with Crippen LogP contribution < -0.4 is 11.1 Å². The standard InChI is InChI=1S/C29H51N7O/c1-2-3-4-5-6-7-8-9-10-11-12-13-14-18-21-28(37)31-22-23-36-25-27(34-35-36)20-17-15-16-19-26-24-32-29(30)33-26/h9-10,24-25H,2-8,11-23H2,1H3,(H,31,37)(H3,30,32,33). The Hall–Kier alpha value is -2.64. The summed E-state index contributed by atoms with van der Waals surface area (Å²) in [4.78, 5) is 19.2. The zero-order chi connectivity index (χ0) is 26.4. The van der Waals surface area contributed by atoms with Gasteiger partial charge in [-0.1, -0.05) is 75.7 Å². The van der Waals surface area contributed by atoms with Gasteiger partial charge in [-0.2, -0.15) is 0 Å². The molecule has 0 saturated heterocycles. The molecule has 0 unspecified atom stereocenters. The molecule has 0 aliphatic rings. The van der Waals surface area contributed by atoms with E-state index in [0.29, 0.717) is 25.5 Å². The maximum atomic E-state index is 12.1. The van der Waals surface area contributed by atoms with Crippen molar-refractivity contribution in [1.29, 1.82) is 0 Å². The largest absolute Gasteiger partial charge is 0.369 e. The molecule has 0 aliphatic heterocycles. The van der Waals surface area contributed by atoms with Crippen LogP contribution in [0.4, 0.5) is 5.95 Å². The Labute approximate surface area is 224 Å². The van der Waals surface area contributed by atoms with Crippen LogP contribution in [0.2, 0.25) is 0 Å². The third-order valence-corrected chi connectivity index (χ3v) is 6.69. The first-order chi connectivity index (χ1) is 18.2. The van der Waals surface area contributed by atoms with Crippen molar-refractivity contribution >= 4 is 11.9 Å². The molecule has 4 N–H and O–H groups in total. The predicted octanol–water partition coefficient (Wildman–Crippen LogP) is 6.30. The smallest absolute Gasteiger partial charge is 0.220 e. The number of nitrogens with zero attached hydrogens (tertiary/aromatic N) is 4. The summed E-state index contributed by atoms with van der Waals surface area (Å²) in [5, 5.41) is 11.5. The number of carbonyl (C=O) groups is 1. The first-order valence-corrected chi connectivity index (χ1v) is 14.8. The van der Waals surface area contributed by atoms with E-state index in [9.17, 15) is 4.79 Å². The summed E-state index contributed by atoms with van der Waals surface area (Å²) in [6.07, 6.45) is 29.4. The van der Waals surface area contributed by atoms with Gasteiger partial charge in [0, 0.05) is 24.9 Å². The highest BCUT2D eigenvalue weighted by molar-refractivity contribution is 5.75. The molecule has 0 aromatic carbocycles. The first kappa shape index (κ1) is 30.6. The molecule has 2 aromatic heterocycles. The lowest BCUT2D eigenvalue weighted by molar-refractivity contribution is -0.121. The van der Waals surface area contributed by atoms with Gasteiger partial charge in [0.15, 0.2) is 5.95 Å². The average Bonchev–Trinajstić information content (AvgIpc) is 3.52. The second-order valence-corrected chi connectivity index (χ2v) is 10.2. The summed E-state index contributed by atoms with van der Waals surface area (Å²) >= 11 is 0. The molecule has 0 radical (unpaired) electrons. The minimum Gasteiger partial charge on any atom is -0.369 e. The molecular formula is C29H51N7O. The molecule has 0 saturated carbocycles. The number of carbonyl (C=O) groups excluding carboxylic acids is 1. The van der Waals surface area contributed by atoms with Crippen molar-refractivity contribution < 1.29 is 4.79 Å². The number of hydrogen-bond acceptors (Lipinski definition) is 5. The van der Waals surface area contributed by atoms with E-state index < -0.39 is 0 Å². The fourth-order valence-electron chi connectivity index (χ4n) is 4.44. The van der Waals surface area contributed by atoms with Gasteiger partial charge in [0.1, 0.15) is 0 Å². The Kier molecular flexibility index (Phi) is 16.9. The van der Waals surface area contributed by atoms with Crippen LogP contribution in [-0.4, -0.2) is 37.4 Å². The maximum absolute atomic E-state index is 12.1. The van der Waals surface area contributed by atoms with Crippen molar-refractivity contribution in [3.05, 3.63) is 35.9 Å². The van der Waals surface area contributed by atoms with Gasteiger partial charge < -0.3 is 16.0 Å². The molecule has 2 heterocycles. The Bertz CT molecular complexity index is 858. The second kappa shape index (κ2) is 20.4. The molecule has 0 fully saturated rings. The number of nitrogen functional groups attached to an aromatic ring is 1. The maximum Gasteiger partial charge on any atom is 0.220 e. The number of anilines is 1. The third kappa shape index (κ3) is 15.9. The number of nitrogens with one attached hydrogen (secondary N) is 2. The summed E-state index contributed by atoms with van der Waals surface area (Å²) in [6, 6.07) is 0. The molecule has 0 atom stereocenters. The number of nitrogens with two attached hydrogens (primary N) is 1. The number of hydrogen-bond donors (Lipinski definition) is 3. The van der Waals surface area contributed by atoms with Crippen molar-refractivity contribution in [3.63, 3.8) is 0 Å². The van der Waals surface area contributed by atoms with Crippen LogP contribution in [0.3, 0.4) is 0 Å². The zero-order valence-corrected chi connectivity index (χ0v) is 23.2. The van der Waals surface area contributed by atoms with E-state index in [1.165, 1.54) is 64.2 Å². The van der Waals surface area contributed by atoms with E-state index in [1.807, 2.05) is 10.9 Å². The predicted molar refractivity (Wildman–Crippen MR) is 152 cm³/mol. The number of aromatic nitrogens is 5. The topological polar surface area (TPSA) is 115 Å². The van der Waals surface area contributed by atoms with Gasteiger partial charge in [0.2, 0.25) is 5.91 Å². The van der Waals surface area contributed by atoms with E-state index in [4.69, 9.17) is 5.73 Å². The molecule has 0 aliphatic carbocycles. The Morgan fingerprint density at radius 2 is 1.62 bits per heavy atom. The van der Waals surface area contributed by atoms with Crippen LogP contribution in [-0.2, 0) is 24.2 Å². The second-order valence-electron chi connectivity index (χ2n) is 10.2. The van der Waals surface area contributed by atoms with Crippen molar-refractivity contribution in [3.8, 4) is 0 Å². The summed E-state index contributed by atoms with van der Waals surface area (Å²) in [7, 11) is 0. The van der Waals surface area contributed by atoms with Crippen LogP contribution in [0, 0.1) is 0 Å².